The minimum atomic E-state index is -0.153. The van der Waals surface area contributed by atoms with Crippen LogP contribution in [0.5, 0.6) is 0 Å². The molecule has 0 spiro atoms. The van der Waals surface area contributed by atoms with Gasteiger partial charge in [0.1, 0.15) is 0 Å². The van der Waals surface area contributed by atoms with Crippen LogP contribution in [0.4, 0.5) is 0 Å². The molecule has 29 heavy (non-hydrogen) atoms. The smallest absolute Gasteiger partial charge is 0.239 e. The summed E-state index contributed by atoms with van der Waals surface area (Å²) in [6.45, 7) is 4.96. The molecule has 0 atom stereocenters. The number of nitrogens with one attached hydrogen (secondary N) is 1. The Balaban J connectivity index is 1.54. The van der Waals surface area contributed by atoms with Crippen LogP contribution in [0.15, 0.2) is 59.3 Å². The zero-order valence-electron chi connectivity index (χ0n) is 16.5. The highest BCUT2D eigenvalue weighted by atomic mass is 32.2. The maximum atomic E-state index is 12.6. The van der Waals surface area contributed by atoms with E-state index in [1.807, 2.05) is 60.3 Å². The van der Waals surface area contributed by atoms with Crippen LogP contribution in [0, 0.1) is 6.92 Å². The molecule has 0 aliphatic heterocycles. The molecule has 3 aromatic rings. The van der Waals surface area contributed by atoms with Gasteiger partial charge in [-0.2, -0.15) is 0 Å². The van der Waals surface area contributed by atoms with Crippen molar-refractivity contribution in [1.82, 2.24) is 19.8 Å². The Kier molecular flexibility index (Phi) is 7.48. The normalized spacial score (nSPS) is 10.7. The molecular formula is C21H24N4O2S2. The van der Waals surface area contributed by atoms with Crippen LogP contribution in [-0.2, 0) is 16.1 Å². The van der Waals surface area contributed by atoms with Gasteiger partial charge in [-0.3, -0.25) is 14.2 Å². The van der Waals surface area contributed by atoms with E-state index in [-0.39, 0.29) is 24.1 Å². The second-order valence-electron chi connectivity index (χ2n) is 6.47. The average Bonchev–Trinajstić information content (AvgIpc) is 3.40. The van der Waals surface area contributed by atoms with Gasteiger partial charge in [-0.1, -0.05) is 30.0 Å². The topological polar surface area (TPSA) is 67.2 Å². The number of rotatable bonds is 9. The molecular weight excluding hydrogens is 404 g/mol. The van der Waals surface area contributed by atoms with E-state index >= 15 is 0 Å². The summed E-state index contributed by atoms with van der Waals surface area (Å²) >= 11 is 2.97. The number of hydrogen-bond acceptors (Lipinski definition) is 5. The molecule has 2 amide bonds. The average molecular weight is 429 g/mol. The van der Waals surface area contributed by atoms with E-state index in [0.717, 1.165) is 21.3 Å². The Bertz CT molecular complexity index is 953. The van der Waals surface area contributed by atoms with Crippen LogP contribution < -0.4 is 5.32 Å². The Morgan fingerprint density at radius 2 is 2.14 bits per heavy atom. The van der Waals surface area contributed by atoms with Gasteiger partial charge in [0.2, 0.25) is 11.8 Å². The van der Waals surface area contributed by atoms with Crippen molar-refractivity contribution in [2.45, 2.75) is 25.5 Å². The molecule has 0 saturated carbocycles. The minimum Gasteiger partial charge on any atom is -0.350 e. The number of thiophene rings is 1. The van der Waals surface area contributed by atoms with Crippen molar-refractivity contribution in [1.29, 1.82) is 0 Å². The molecule has 6 nitrogen and oxygen atoms in total. The van der Waals surface area contributed by atoms with Gasteiger partial charge in [0.05, 0.1) is 18.8 Å². The lowest BCUT2D eigenvalue weighted by Crippen LogP contribution is -2.41. The summed E-state index contributed by atoms with van der Waals surface area (Å²) in [6, 6.07) is 12.0. The van der Waals surface area contributed by atoms with E-state index in [1.54, 1.807) is 22.4 Å². The fourth-order valence-electron chi connectivity index (χ4n) is 2.79. The highest BCUT2D eigenvalue weighted by Crippen LogP contribution is 2.21. The van der Waals surface area contributed by atoms with Crippen molar-refractivity contribution in [3.63, 3.8) is 0 Å². The number of carbonyl (C=O) groups is 2. The van der Waals surface area contributed by atoms with Gasteiger partial charge in [-0.15, -0.1) is 11.3 Å². The zero-order chi connectivity index (χ0) is 20.6. The molecule has 0 unspecified atom stereocenters. The van der Waals surface area contributed by atoms with Gasteiger partial charge < -0.3 is 10.2 Å². The van der Waals surface area contributed by atoms with E-state index in [0.29, 0.717) is 13.1 Å². The molecule has 0 saturated heterocycles. The molecule has 1 aromatic carbocycles. The summed E-state index contributed by atoms with van der Waals surface area (Å²) in [5, 5.41) is 5.59. The number of amides is 2. The second kappa shape index (κ2) is 10.3. The number of hydrogen-bond donors (Lipinski definition) is 1. The molecule has 0 fully saturated rings. The molecule has 0 bridgehead atoms. The van der Waals surface area contributed by atoms with Crippen LogP contribution >= 0.6 is 23.1 Å². The van der Waals surface area contributed by atoms with Crippen molar-refractivity contribution in [2.75, 3.05) is 18.8 Å². The first-order valence-electron chi connectivity index (χ1n) is 9.37. The number of carbonyl (C=O) groups excluding carboxylic acids is 2. The van der Waals surface area contributed by atoms with Crippen molar-refractivity contribution < 1.29 is 9.59 Å². The largest absolute Gasteiger partial charge is 0.350 e. The van der Waals surface area contributed by atoms with E-state index in [2.05, 4.69) is 16.4 Å². The Morgan fingerprint density at radius 3 is 2.86 bits per heavy atom. The summed E-state index contributed by atoms with van der Waals surface area (Å²) in [7, 11) is 0. The molecule has 152 valence electrons. The van der Waals surface area contributed by atoms with Gasteiger partial charge >= 0.3 is 0 Å². The first-order chi connectivity index (χ1) is 14.1. The molecule has 0 aliphatic rings. The Morgan fingerprint density at radius 1 is 1.28 bits per heavy atom. The fourth-order valence-corrected chi connectivity index (χ4v) is 4.31. The predicted molar refractivity (Wildman–Crippen MR) is 117 cm³/mol. The first-order valence-corrected chi connectivity index (χ1v) is 11.2. The van der Waals surface area contributed by atoms with Crippen LogP contribution in [0.3, 0.4) is 0 Å². The SMILES string of the molecule is CCN(CC(=O)NCc1cccs1)C(=O)CSc1nccn1-c1cccc(C)c1. The van der Waals surface area contributed by atoms with Crippen molar-refractivity contribution in [3.05, 3.63) is 64.6 Å². The van der Waals surface area contributed by atoms with Gasteiger partial charge in [0, 0.05) is 29.5 Å². The van der Waals surface area contributed by atoms with E-state index < -0.39 is 0 Å². The summed E-state index contributed by atoms with van der Waals surface area (Å²) in [5.74, 6) is -0.00284. The van der Waals surface area contributed by atoms with Crippen LogP contribution in [0.2, 0.25) is 0 Å². The highest BCUT2D eigenvalue weighted by molar-refractivity contribution is 7.99. The molecule has 3 rings (SSSR count). The Labute approximate surface area is 179 Å². The Hall–Kier alpha value is -2.58. The van der Waals surface area contributed by atoms with Crippen LogP contribution in [-0.4, -0.2) is 45.1 Å². The van der Waals surface area contributed by atoms with Crippen molar-refractivity contribution in [3.8, 4) is 5.69 Å². The quantitative estimate of drug-likeness (QED) is 0.530. The number of nitrogens with zero attached hydrogens (tertiary/aromatic N) is 3. The molecule has 2 heterocycles. The van der Waals surface area contributed by atoms with E-state index in [1.165, 1.54) is 11.8 Å². The number of benzene rings is 1. The maximum absolute atomic E-state index is 12.6. The fraction of sp³-hybridized carbons (Fsp3) is 0.286. The zero-order valence-corrected chi connectivity index (χ0v) is 18.1. The first kappa shape index (κ1) is 21.1. The molecule has 8 heteroatoms. The van der Waals surface area contributed by atoms with E-state index in [9.17, 15) is 9.59 Å². The van der Waals surface area contributed by atoms with Crippen LogP contribution in [0.1, 0.15) is 17.4 Å². The molecule has 0 aliphatic carbocycles. The number of thioether (sulfide) groups is 1. The third kappa shape index (κ3) is 5.95. The lowest BCUT2D eigenvalue weighted by atomic mass is 10.2. The summed E-state index contributed by atoms with van der Waals surface area (Å²) in [4.78, 5) is 31.9. The minimum absolute atomic E-state index is 0.0631. The summed E-state index contributed by atoms with van der Waals surface area (Å²) in [6.07, 6.45) is 3.61. The molecule has 1 N–H and O–H groups in total. The molecule has 0 radical (unpaired) electrons. The summed E-state index contributed by atoms with van der Waals surface area (Å²) in [5.41, 5.74) is 2.17. The second-order valence-corrected chi connectivity index (χ2v) is 8.45. The lowest BCUT2D eigenvalue weighted by Gasteiger charge is -2.20. The third-order valence-electron chi connectivity index (χ3n) is 4.32. The predicted octanol–water partition coefficient (Wildman–Crippen LogP) is 3.50. The maximum Gasteiger partial charge on any atom is 0.239 e. The third-order valence-corrected chi connectivity index (χ3v) is 6.15. The lowest BCUT2D eigenvalue weighted by molar-refractivity contribution is -0.133. The number of aromatic nitrogens is 2. The van der Waals surface area contributed by atoms with Crippen LogP contribution in [0.25, 0.3) is 5.69 Å². The number of aryl methyl sites for hydroxylation is 1. The highest BCUT2D eigenvalue weighted by Gasteiger charge is 2.17. The van der Waals surface area contributed by atoms with Gasteiger partial charge in [-0.05, 0) is 43.0 Å². The summed E-state index contributed by atoms with van der Waals surface area (Å²) < 4.78 is 1.97. The van der Waals surface area contributed by atoms with Crippen molar-refractivity contribution in [2.24, 2.45) is 0 Å². The van der Waals surface area contributed by atoms with Gasteiger partial charge in [-0.25, -0.2) is 4.98 Å². The number of likely N-dealkylation sites (N-methyl/N-ethyl adjacent to an activating group) is 1. The standard InChI is InChI=1S/C21H24N4O2S2/c1-3-24(14-19(26)23-13-18-8-5-11-28-18)20(27)15-29-21-22-9-10-25(21)17-7-4-6-16(2)12-17/h4-12H,3,13-15H2,1-2H3,(H,23,26). The van der Waals surface area contributed by atoms with Crippen molar-refractivity contribution >= 4 is 34.9 Å². The van der Waals surface area contributed by atoms with E-state index in [4.69, 9.17) is 0 Å². The monoisotopic (exact) mass is 428 g/mol. The number of imidazole rings is 1. The van der Waals surface area contributed by atoms with Gasteiger partial charge in [0.25, 0.3) is 0 Å². The molecule has 2 aromatic heterocycles. The van der Waals surface area contributed by atoms with Gasteiger partial charge in [0.15, 0.2) is 5.16 Å².